The summed E-state index contributed by atoms with van der Waals surface area (Å²) in [7, 11) is 5.46. The predicted octanol–water partition coefficient (Wildman–Crippen LogP) is 1.85. The molecule has 1 unspecified atom stereocenters. The molecule has 1 spiro atoms. The summed E-state index contributed by atoms with van der Waals surface area (Å²) in [5, 5.41) is 0. The van der Waals surface area contributed by atoms with Gasteiger partial charge in [0.05, 0.1) is 12.8 Å². The van der Waals surface area contributed by atoms with E-state index in [1.54, 1.807) is 18.2 Å². The van der Waals surface area contributed by atoms with Crippen LogP contribution >= 0.6 is 0 Å². The zero-order chi connectivity index (χ0) is 17.9. The molecule has 25 heavy (non-hydrogen) atoms. The third-order valence-corrected chi connectivity index (χ3v) is 5.60. The first-order chi connectivity index (χ1) is 12.1. The zero-order valence-electron chi connectivity index (χ0n) is 15.7. The van der Waals surface area contributed by atoms with E-state index in [9.17, 15) is 4.79 Å². The normalized spacial score (nSPS) is 24.7. The second-order valence-corrected chi connectivity index (χ2v) is 7.36. The highest BCUT2D eigenvalue weighted by Crippen LogP contribution is 2.38. The average molecular weight is 350 g/mol. The fourth-order valence-electron chi connectivity index (χ4n) is 4.22. The lowest BCUT2D eigenvalue weighted by atomic mass is 9.88. The summed E-state index contributed by atoms with van der Waals surface area (Å²) in [4.78, 5) is 23.2. The molecule has 1 amide bonds. The van der Waals surface area contributed by atoms with Crippen LogP contribution in [0.15, 0.2) is 10.6 Å². The van der Waals surface area contributed by atoms with Crippen molar-refractivity contribution in [3.63, 3.8) is 0 Å². The fraction of sp³-hybridized carbons (Fsp3) is 0.778. The van der Waals surface area contributed by atoms with Crippen LogP contribution in [0.2, 0.25) is 0 Å². The number of carbonyl (C=O) groups excluding carboxylic acids is 1. The molecule has 2 aliphatic heterocycles. The van der Waals surface area contributed by atoms with Crippen LogP contribution in [0.4, 0.5) is 6.01 Å². The van der Waals surface area contributed by atoms with Gasteiger partial charge >= 0.3 is 0 Å². The molecule has 7 nitrogen and oxygen atoms in total. The van der Waals surface area contributed by atoms with Crippen molar-refractivity contribution in [3.8, 4) is 0 Å². The van der Waals surface area contributed by atoms with Gasteiger partial charge in [0.2, 0.25) is 5.76 Å². The quantitative estimate of drug-likeness (QED) is 0.808. The van der Waals surface area contributed by atoms with Gasteiger partial charge in [0.15, 0.2) is 0 Å². The van der Waals surface area contributed by atoms with Crippen LogP contribution in [0.3, 0.4) is 0 Å². The number of amides is 1. The van der Waals surface area contributed by atoms with Crippen molar-refractivity contribution in [2.75, 3.05) is 58.9 Å². The van der Waals surface area contributed by atoms with Gasteiger partial charge < -0.3 is 19.0 Å². The molecule has 1 aromatic heterocycles. The molecule has 2 fully saturated rings. The summed E-state index contributed by atoms with van der Waals surface area (Å²) in [5.74, 6) is 0.293. The van der Waals surface area contributed by atoms with E-state index in [0.717, 1.165) is 52.0 Å². The molecular weight excluding hydrogens is 320 g/mol. The van der Waals surface area contributed by atoms with Gasteiger partial charge in [0.1, 0.15) is 0 Å². The summed E-state index contributed by atoms with van der Waals surface area (Å²) < 4.78 is 10.9. The van der Waals surface area contributed by atoms with Crippen LogP contribution < -0.4 is 4.90 Å². The lowest BCUT2D eigenvalue weighted by Gasteiger charge is -2.38. The number of carbonyl (C=O) groups is 1. The van der Waals surface area contributed by atoms with Gasteiger partial charge in [-0.15, -0.1) is 0 Å². The first kappa shape index (κ1) is 18.2. The molecular formula is C18H30N4O3. The van der Waals surface area contributed by atoms with Gasteiger partial charge in [-0.1, -0.05) is 0 Å². The van der Waals surface area contributed by atoms with Gasteiger partial charge in [0, 0.05) is 46.4 Å². The van der Waals surface area contributed by atoms with Crippen LogP contribution in [0.25, 0.3) is 0 Å². The maximum absolute atomic E-state index is 12.8. The Kier molecular flexibility index (Phi) is 5.64. The van der Waals surface area contributed by atoms with E-state index in [4.69, 9.17) is 9.15 Å². The molecule has 0 radical (unpaired) electrons. The van der Waals surface area contributed by atoms with Crippen molar-refractivity contribution < 1.29 is 13.9 Å². The SMILES string of the molecule is COCCN1CCCC12CCCN(C(=O)c1cnc(N(C)C)o1)CC2. The molecule has 3 rings (SSSR count). The Morgan fingerprint density at radius 3 is 2.72 bits per heavy atom. The molecule has 0 aromatic carbocycles. The minimum absolute atomic E-state index is 0.0425. The molecule has 0 N–H and O–H groups in total. The molecule has 140 valence electrons. The van der Waals surface area contributed by atoms with Crippen molar-refractivity contribution in [3.05, 3.63) is 12.0 Å². The second kappa shape index (κ2) is 7.74. The number of hydrogen-bond donors (Lipinski definition) is 0. The second-order valence-electron chi connectivity index (χ2n) is 7.36. The Labute approximate surface area is 149 Å². The maximum atomic E-state index is 12.8. The van der Waals surface area contributed by atoms with E-state index in [2.05, 4.69) is 9.88 Å². The molecule has 1 aromatic rings. The van der Waals surface area contributed by atoms with Crippen molar-refractivity contribution in [1.82, 2.24) is 14.8 Å². The van der Waals surface area contributed by atoms with E-state index in [1.165, 1.54) is 12.8 Å². The molecule has 3 heterocycles. The molecule has 7 heteroatoms. The minimum atomic E-state index is -0.0425. The van der Waals surface area contributed by atoms with Gasteiger partial charge in [-0.05, 0) is 38.6 Å². The van der Waals surface area contributed by atoms with E-state index >= 15 is 0 Å². The predicted molar refractivity (Wildman–Crippen MR) is 96.0 cm³/mol. The van der Waals surface area contributed by atoms with E-state index in [-0.39, 0.29) is 11.4 Å². The Balaban J connectivity index is 1.65. The Morgan fingerprint density at radius 1 is 1.28 bits per heavy atom. The lowest BCUT2D eigenvalue weighted by molar-refractivity contribution is 0.0676. The summed E-state index contributed by atoms with van der Waals surface area (Å²) in [6, 6.07) is 0.469. The van der Waals surface area contributed by atoms with Gasteiger partial charge in [-0.3, -0.25) is 9.69 Å². The van der Waals surface area contributed by atoms with Crippen molar-refractivity contribution in [1.29, 1.82) is 0 Å². The number of hydrogen-bond acceptors (Lipinski definition) is 6. The number of ether oxygens (including phenoxy) is 1. The first-order valence-electron chi connectivity index (χ1n) is 9.22. The van der Waals surface area contributed by atoms with Crippen LogP contribution in [-0.4, -0.2) is 80.2 Å². The number of aromatic nitrogens is 1. The summed E-state index contributed by atoms with van der Waals surface area (Å²) >= 11 is 0. The van der Waals surface area contributed by atoms with E-state index in [0.29, 0.717) is 11.8 Å². The van der Waals surface area contributed by atoms with Crippen LogP contribution in [0.1, 0.15) is 42.7 Å². The minimum Gasteiger partial charge on any atom is -0.418 e. The molecule has 2 aliphatic rings. The van der Waals surface area contributed by atoms with Crippen LogP contribution in [-0.2, 0) is 4.74 Å². The Morgan fingerprint density at radius 2 is 2.04 bits per heavy atom. The standard InChI is InChI=1S/C18H30N4O3/c1-20(2)17-19-14-15(25-17)16(23)21-9-4-6-18(8-11-21)7-5-10-22(18)12-13-24-3/h14H,4-13H2,1-3H3. The monoisotopic (exact) mass is 350 g/mol. The molecule has 0 bridgehead atoms. The summed E-state index contributed by atoms with van der Waals surface area (Å²) in [6.07, 6.45) is 7.22. The Hall–Kier alpha value is -1.60. The number of oxazole rings is 1. The van der Waals surface area contributed by atoms with Gasteiger partial charge in [-0.25, -0.2) is 4.98 Å². The third kappa shape index (κ3) is 3.82. The summed E-state index contributed by atoms with van der Waals surface area (Å²) in [6.45, 7) is 4.47. The van der Waals surface area contributed by atoms with Gasteiger partial charge in [-0.2, -0.15) is 0 Å². The topological polar surface area (TPSA) is 62.1 Å². The molecule has 1 atom stereocenters. The van der Waals surface area contributed by atoms with Crippen molar-refractivity contribution >= 4 is 11.9 Å². The fourth-order valence-corrected chi connectivity index (χ4v) is 4.22. The average Bonchev–Trinajstić information content (AvgIpc) is 3.17. The number of anilines is 1. The van der Waals surface area contributed by atoms with Crippen molar-refractivity contribution in [2.45, 2.75) is 37.6 Å². The smallest absolute Gasteiger partial charge is 0.297 e. The number of methoxy groups -OCH3 is 1. The highest BCUT2D eigenvalue weighted by Gasteiger charge is 2.42. The third-order valence-electron chi connectivity index (χ3n) is 5.60. The molecule has 0 aliphatic carbocycles. The maximum Gasteiger partial charge on any atom is 0.297 e. The first-order valence-corrected chi connectivity index (χ1v) is 9.22. The van der Waals surface area contributed by atoms with E-state index in [1.807, 2.05) is 19.0 Å². The molecule has 2 saturated heterocycles. The summed E-state index contributed by atoms with van der Waals surface area (Å²) in [5.41, 5.74) is 0.240. The van der Waals surface area contributed by atoms with Crippen LogP contribution in [0, 0.1) is 0 Å². The number of nitrogens with zero attached hydrogens (tertiary/aromatic N) is 4. The van der Waals surface area contributed by atoms with Crippen molar-refractivity contribution in [2.24, 2.45) is 0 Å². The largest absolute Gasteiger partial charge is 0.418 e. The van der Waals surface area contributed by atoms with Crippen LogP contribution in [0.5, 0.6) is 0 Å². The number of rotatable bonds is 5. The zero-order valence-corrected chi connectivity index (χ0v) is 15.7. The van der Waals surface area contributed by atoms with E-state index < -0.39 is 0 Å². The lowest BCUT2D eigenvalue weighted by Crippen LogP contribution is -2.46. The molecule has 0 saturated carbocycles. The highest BCUT2D eigenvalue weighted by molar-refractivity contribution is 5.91. The Bertz CT molecular complexity index is 589. The highest BCUT2D eigenvalue weighted by atomic mass is 16.5. The number of likely N-dealkylation sites (tertiary alicyclic amines) is 2. The van der Waals surface area contributed by atoms with Gasteiger partial charge in [0.25, 0.3) is 11.9 Å².